The normalized spacial score (nSPS) is 19.9. The maximum absolute atomic E-state index is 10.6. The lowest BCUT2D eigenvalue weighted by Gasteiger charge is -2.38. The van der Waals surface area contributed by atoms with Crippen molar-refractivity contribution in [3.05, 3.63) is 53.9 Å². The van der Waals surface area contributed by atoms with Gasteiger partial charge in [0.2, 0.25) is 0 Å². The summed E-state index contributed by atoms with van der Waals surface area (Å²) in [6, 6.07) is 14.8. The van der Waals surface area contributed by atoms with Crippen LogP contribution in [0.4, 0.5) is 18.9 Å². The number of alkyl halides is 3. The van der Waals surface area contributed by atoms with Crippen molar-refractivity contribution >= 4 is 11.7 Å². The highest BCUT2D eigenvalue weighted by molar-refractivity contribution is 5.73. The average molecular weight is 482 g/mol. The molecule has 2 fully saturated rings. The minimum atomic E-state index is -5.08. The second-order valence-corrected chi connectivity index (χ2v) is 8.62. The molecule has 4 rings (SSSR count). The number of hydrogen-bond acceptors (Lipinski definition) is 6. The first-order valence-corrected chi connectivity index (χ1v) is 11.1. The molecule has 1 aromatic carbocycles. The van der Waals surface area contributed by atoms with E-state index in [1.807, 2.05) is 18.2 Å². The van der Waals surface area contributed by atoms with Crippen LogP contribution in [0.3, 0.4) is 0 Å². The molecule has 0 saturated carbocycles. The fourth-order valence-electron chi connectivity index (χ4n) is 4.27. The molecule has 0 radical (unpaired) electrons. The van der Waals surface area contributed by atoms with Crippen LogP contribution in [-0.4, -0.2) is 65.6 Å². The van der Waals surface area contributed by atoms with Crippen molar-refractivity contribution < 1.29 is 32.5 Å². The Balaban J connectivity index is 0.000000406. The van der Waals surface area contributed by atoms with Gasteiger partial charge in [0.1, 0.15) is 5.75 Å². The second-order valence-electron chi connectivity index (χ2n) is 8.62. The van der Waals surface area contributed by atoms with Crippen LogP contribution < -0.4 is 10.1 Å². The highest BCUT2D eigenvalue weighted by Crippen LogP contribution is 2.37. The van der Waals surface area contributed by atoms with Gasteiger partial charge >= 0.3 is 12.1 Å². The smallest absolute Gasteiger partial charge is 0.490 e. The predicted octanol–water partition coefficient (Wildman–Crippen LogP) is 4.27. The van der Waals surface area contributed by atoms with Gasteiger partial charge in [0, 0.05) is 37.1 Å². The number of nitrogens with zero attached hydrogens (tertiary/aromatic N) is 2. The number of hydrogen-bond donors (Lipinski definition) is 2. The summed E-state index contributed by atoms with van der Waals surface area (Å²) in [4.78, 5) is 16.0. The number of likely N-dealkylation sites (tertiary alicyclic amines) is 1. The van der Waals surface area contributed by atoms with E-state index in [0.717, 1.165) is 68.3 Å². The first kappa shape index (κ1) is 25.8. The van der Waals surface area contributed by atoms with Gasteiger partial charge in [-0.15, -0.1) is 0 Å². The number of pyridine rings is 1. The fourth-order valence-corrected chi connectivity index (χ4v) is 4.27. The van der Waals surface area contributed by atoms with Crippen LogP contribution in [0.5, 0.6) is 5.75 Å². The summed E-state index contributed by atoms with van der Waals surface area (Å²) in [5.41, 5.74) is 3.39. The van der Waals surface area contributed by atoms with Crippen molar-refractivity contribution in [1.29, 1.82) is 0 Å². The van der Waals surface area contributed by atoms with Crippen LogP contribution in [0, 0.1) is 6.92 Å². The number of aromatic nitrogens is 1. The summed E-state index contributed by atoms with van der Waals surface area (Å²) in [5, 5.41) is 10.7. The third-order valence-electron chi connectivity index (χ3n) is 5.99. The molecule has 0 bridgehead atoms. The van der Waals surface area contributed by atoms with E-state index in [4.69, 9.17) is 19.4 Å². The molecule has 7 nitrogen and oxygen atoms in total. The molecule has 2 aliphatic rings. The molecule has 1 spiro atoms. The van der Waals surface area contributed by atoms with E-state index in [1.165, 1.54) is 0 Å². The molecule has 2 aliphatic heterocycles. The molecule has 10 heteroatoms. The summed E-state index contributed by atoms with van der Waals surface area (Å²) < 4.78 is 43.4. The second kappa shape index (κ2) is 11.1. The van der Waals surface area contributed by atoms with E-state index >= 15 is 0 Å². The number of anilines is 1. The van der Waals surface area contributed by atoms with Crippen molar-refractivity contribution in [2.45, 2.75) is 50.6 Å². The average Bonchev–Trinajstić information content (AvgIpc) is 3.17. The molecule has 1 atom stereocenters. The van der Waals surface area contributed by atoms with E-state index in [-0.39, 0.29) is 5.60 Å². The van der Waals surface area contributed by atoms with E-state index in [2.05, 4.69) is 46.4 Å². The lowest BCUT2D eigenvalue weighted by atomic mass is 9.87. The largest absolute Gasteiger partial charge is 0.497 e. The highest BCUT2D eigenvalue weighted by Gasteiger charge is 2.42. The van der Waals surface area contributed by atoms with Crippen molar-refractivity contribution in [2.75, 3.05) is 32.1 Å². The van der Waals surface area contributed by atoms with E-state index < -0.39 is 12.1 Å². The Kier molecular flexibility index (Phi) is 8.37. The number of methoxy groups -OCH3 is 1. The third kappa shape index (κ3) is 7.33. The molecule has 1 aromatic heterocycles. The van der Waals surface area contributed by atoms with Gasteiger partial charge in [-0.2, -0.15) is 13.2 Å². The summed E-state index contributed by atoms with van der Waals surface area (Å²) in [7, 11) is 1.70. The Morgan fingerprint density at radius 3 is 2.56 bits per heavy atom. The maximum atomic E-state index is 10.6. The van der Waals surface area contributed by atoms with Gasteiger partial charge in [0.25, 0.3) is 0 Å². The zero-order valence-corrected chi connectivity index (χ0v) is 19.3. The van der Waals surface area contributed by atoms with Crippen molar-refractivity contribution in [3.8, 4) is 5.75 Å². The van der Waals surface area contributed by atoms with Crippen LogP contribution in [-0.2, 0) is 16.1 Å². The van der Waals surface area contributed by atoms with Gasteiger partial charge in [-0.05, 0) is 50.5 Å². The highest BCUT2D eigenvalue weighted by atomic mass is 19.4. The Bertz CT molecular complexity index is 962. The number of nitrogens with one attached hydrogen (secondary N) is 1. The van der Waals surface area contributed by atoms with Gasteiger partial charge in [0.05, 0.1) is 31.1 Å². The molecule has 3 heterocycles. The number of rotatable bonds is 5. The number of carbonyl (C=O) groups is 1. The fraction of sp³-hybridized carbons (Fsp3) is 0.500. The SMILES string of the molecule is COc1cccc(NC2COC3(CCN(Cc4cccc(C)n4)CC3)C2)c1.O=C(O)C(F)(F)F. The monoisotopic (exact) mass is 481 g/mol. The number of carboxylic acids is 1. The standard InChI is InChI=1S/C22H29N3O2.C2HF3O2/c1-17-5-3-7-19(23-17)15-25-11-9-22(10-12-25)14-20(16-27-22)24-18-6-4-8-21(13-18)26-2;3-2(4,5)1(6)7/h3-8,13,20,24H,9-12,14-16H2,1-2H3;(H,6,7). The topological polar surface area (TPSA) is 83.9 Å². The molecule has 0 aliphatic carbocycles. The Morgan fingerprint density at radius 2 is 1.94 bits per heavy atom. The van der Waals surface area contributed by atoms with Crippen LogP contribution in [0.2, 0.25) is 0 Å². The summed E-state index contributed by atoms with van der Waals surface area (Å²) in [5.74, 6) is -1.88. The Labute approximate surface area is 196 Å². The Hall–Kier alpha value is -2.85. The molecular formula is C24H30F3N3O4. The van der Waals surface area contributed by atoms with Crippen LogP contribution in [0.25, 0.3) is 0 Å². The van der Waals surface area contributed by atoms with Crippen LogP contribution in [0.1, 0.15) is 30.7 Å². The van der Waals surface area contributed by atoms with Gasteiger partial charge in [-0.25, -0.2) is 4.79 Å². The summed E-state index contributed by atoms with van der Waals surface area (Å²) in [6.07, 6.45) is -1.83. The third-order valence-corrected chi connectivity index (χ3v) is 5.99. The molecule has 0 amide bonds. The molecule has 186 valence electrons. The van der Waals surface area contributed by atoms with E-state index in [9.17, 15) is 13.2 Å². The number of aliphatic carboxylic acids is 1. The number of piperidine rings is 1. The number of benzene rings is 1. The quantitative estimate of drug-likeness (QED) is 0.660. The van der Waals surface area contributed by atoms with Crippen molar-refractivity contribution in [1.82, 2.24) is 9.88 Å². The minimum Gasteiger partial charge on any atom is -0.497 e. The van der Waals surface area contributed by atoms with Gasteiger partial charge in [0.15, 0.2) is 0 Å². The minimum absolute atomic E-state index is 0.0348. The number of carboxylic acid groups (broad SMARTS) is 1. The zero-order valence-electron chi connectivity index (χ0n) is 19.3. The number of aryl methyl sites for hydroxylation is 1. The lowest BCUT2D eigenvalue weighted by molar-refractivity contribution is -0.192. The van der Waals surface area contributed by atoms with Crippen molar-refractivity contribution in [2.24, 2.45) is 0 Å². The molecule has 34 heavy (non-hydrogen) atoms. The molecule has 2 aromatic rings. The van der Waals surface area contributed by atoms with E-state index in [1.54, 1.807) is 7.11 Å². The Morgan fingerprint density at radius 1 is 1.26 bits per heavy atom. The number of ether oxygens (including phenoxy) is 2. The van der Waals surface area contributed by atoms with Gasteiger partial charge < -0.3 is 19.9 Å². The summed E-state index contributed by atoms with van der Waals surface area (Å²) in [6.45, 7) is 5.90. The predicted molar refractivity (Wildman–Crippen MR) is 121 cm³/mol. The molecular weight excluding hydrogens is 451 g/mol. The lowest BCUT2D eigenvalue weighted by Crippen LogP contribution is -2.44. The summed E-state index contributed by atoms with van der Waals surface area (Å²) >= 11 is 0. The molecule has 2 saturated heterocycles. The number of halogens is 3. The first-order valence-electron chi connectivity index (χ1n) is 11.1. The van der Waals surface area contributed by atoms with Gasteiger partial charge in [-0.1, -0.05) is 12.1 Å². The molecule has 2 N–H and O–H groups in total. The van der Waals surface area contributed by atoms with Crippen molar-refractivity contribution in [3.63, 3.8) is 0 Å². The van der Waals surface area contributed by atoms with Crippen LogP contribution in [0.15, 0.2) is 42.5 Å². The van der Waals surface area contributed by atoms with Crippen LogP contribution >= 0.6 is 0 Å². The molecule has 1 unspecified atom stereocenters. The maximum Gasteiger partial charge on any atom is 0.490 e. The zero-order chi connectivity index (χ0) is 24.8. The van der Waals surface area contributed by atoms with Gasteiger partial charge in [-0.3, -0.25) is 9.88 Å². The first-order chi connectivity index (χ1) is 16.1. The van der Waals surface area contributed by atoms with E-state index in [0.29, 0.717) is 6.04 Å².